The minimum absolute atomic E-state index is 0.140. The summed E-state index contributed by atoms with van der Waals surface area (Å²) < 4.78 is 38.0. The Labute approximate surface area is 138 Å². The topological polar surface area (TPSA) is 50.3 Å². The van der Waals surface area contributed by atoms with Gasteiger partial charge in [0, 0.05) is 31.1 Å². The summed E-state index contributed by atoms with van der Waals surface area (Å²) in [5.41, 5.74) is 0.792. The molecular formula is C14H14ClFN2O2S2. The summed E-state index contributed by atoms with van der Waals surface area (Å²) >= 11 is 7.35. The van der Waals surface area contributed by atoms with Gasteiger partial charge in [-0.3, -0.25) is 0 Å². The minimum Gasteiger partial charge on any atom is -0.249 e. The fourth-order valence-electron chi connectivity index (χ4n) is 1.61. The monoisotopic (exact) mass is 360 g/mol. The zero-order valence-corrected chi connectivity index (χ0v) is 14.3. The van der Waals surface area contributed by atoms with E-state index in [0.29, 0.717) is 15.8 Å². The first kappa shape index (κ1) is 17.2. The van der Waals surface area contributed by atoms with Gasteiger partial charge in [-0.1, -0.05) is 17.7 Å². The molecular weight excluding hydrogens is 347 g/mol. The summed E-state index contributed by atoms with van der Waals surface area (Å²) in [6.45, 7) is 0. The van der Waals surface area contributed by atoms with E-state index in [-0.39, 0.29) is 10.7 Å². The number of pyridine rings is 1. The van der Waals surface area contributed by atoms with Crippen LogP contribution in [-0.4, -0.2) is 31.8 Å². The van der Waals surface area contributed by atoms with Crippen LogP contribution in [0.5, 0.6) is 0 Å². The van der Waals surface area contributed by atoms with Crippen LogP contribution < -0.4 is 0 Å². The van der Waals surface area contributed by atoms with E-state index in [4.69, 9.17) is 11.6 Å². The molecule has 1 heterocycles. The Morgan fingerprint density at radius 1 is 1.27 bits per heavy atom. The summed E-state index contributed by atoms with van der Waals surface area (Å²) in [5, 5.41) is 1.03. The van der Waals surface area contributed by atoms with Crippen molar-refractivity contribution in [3.05, 3.63) is 52.9 Å². The molecule has 0 saturated carbocycles. The lowest BCUT2D eigenvalue weighted by molar-refractivity contribution is 0.520. The first-order valence-corrected chi connectivity index (χ1v) is 9.06. The fourth-order valence-corrected chi connectivity index (χ4v) is 3.61. The van der Waals surface area contributed by atoms with E-state index in [2.05, 4.69) is 4.98 Å². The normalized spacial score (nSPS) is 11.9. The van der Waals surface area contributed by atoms with Gasteiger partial charge in [0.25, 0.3) is 0 Å². The molecule has 0 bridgehead atoms. The van der Waals surface area contributed by atoms with Crippen LogP contribution in [0.2, 0.25) is 5.02 Å². The summed E-state index contributed by atoms with van der Waals surface area (Å²) in [7, 11) is -0.540. The van der Waals surface area contributed by atoms with Crippen LogP contribution in [0.3, 0.4) is 0 Å². The molecule has 0 aliphatic heterocycles. The number of halogens is 2. The van der Waals surface area contributed by atoms with Gasteiger partial charge in [0.1, 0.15) is 10.7 Å². The number of hydrogen-bond acceptors (Lipinski definition) is 4. The number of rotatable bonds is 5. The Balaban J connectivity index is 2.09. The van der Waals surface area contributed by atoms with E-state index < -0.39 is 10.0 Å². The van der Waals surface area contributed by atoms with E-state index in [0.717, 1.165) is 9.87 Å². The van der Waals surface area contributed by atoms with Crippen molar-refractivity contribution in [2.45, 2.75) is 15.7 Å². The van der Waals surface area contributed by atoms with Gasteiger partial charge in [-0.25, -0.2) is 22.1 Å². The molecule has 0 atom stereocenters. The van der Waals surface area contributed by atoms with Crippen molar-refractivity contribution in [1.82, 2.24) is 9.29 Å². The molecule has 1 aromatic carbocycles. The predicted molar refractivity (Wildman–Crippen MR) is 86.1 cm³/mol. The van der Waals surface area contributed by atoms with Gasteiger partial charge in [0.05, 0.1) is 5.03 Å². The third kappa shape index (κ3) is 3.98. The van der Waals surface area contributed by atoms with Crippen LogP contribution in [0.1, 0.15) is 5.56 Å². The van der Waals surface area contributed by atoms with E-state index in [9.17, 15) is 12.8 Å². The first-order valence-electron chi connectivity index (χ1n) is 6.26. The van der Waals surface area contributed by atoms with Crippen LogP contribution >= 0.6 is 23.4 Å². The van der Waals surface area contributed by atoms with E-state index >= 15 is 0 Å². The summed E-state index contributed by atoms with van der Waals surface area (Å²) in [6, 6.07) is 7.38. The van der Waals surface area contributed by atoms with Crippen LogP contribution in [-0.2, 0) is 15.8 Å². The molecule has 0 aliphatic rings. The zero-order chi connectivity index (χ0) is 16.3. The zero-order valence-electron chi connectivity index (χ0n) is 12.0. The lowest BCUT2D eigenvalue weighted by Crippen LogP contribution is -2.22. The van der Waals surface area contributed by atoms with Crippen molar-refractivity contribution in [2.24, 2.45) is 0 Å². The highest BCUT2D eigenvalue weighted by Gasteiger charge is 2.17. The predicted octanol–water partition coefficient (Wildman–Crippen LogP) is 3.42. The smallest absolute Gasteiger partial charge is 0.244 e. The van der Waals surface area contributed by atoms with Crippen molar-refractivity contribution >= 4 is 33.4 Å². The number of benzene rings is 1. The average Bonchev–Trinajstić information content (AvgIpc) is 2.46. The molecule has 8 heteroatoms. The number of thioether (sulfide) groups is 1. The highest BCUT2D eigenvalue weighted by molar-refractivity contribution is 7.98. The van der Waals surface area contributed by atoms with Crippen LogP contribution in [0.25, 0.3) is 0 Å². The minimum atomic E-state index is -3.47. The van der Waals surface area contributed by atoms with Crippen LogP contribution in [0.4, 0.5) is 4.39 Å². The van der Waals surface area contributed by atoms with Crippen molar-refractivity contribution in [2.75, 3.05) is 14.1 Å². The summed E-state index contributed by atoms with van der Waals surface area (Å²) in [4.78, 5) is 4.27. The van der Waals surface area contributed by atoms with Crippen molar-refractivity contribution in [1.29, 1.82) is 0 Å². The number of aromatic nitrogens is 1. The number of sulfonamides is 1. The maximum atomic E-state index is 13.0. The van der Waals surface area contributed by atoms with Gasteiger partial charge in [0.2, 0.25) is 10.0 Å². The molecule has 118 valence electrons. The van der Waals surface area contributed by atoms with Gasteiger partial charge in [-0.2, -0.15) is 0 Å². The Morgan fingerprint density at radius 2 is 2.00 bits per heavy atom. The molecule has 0 saturated heterocycles. The largest absolute Gasteiger partial charge is 0.249 e. The van der Waals surface area contributed by atoms with Gasteiger partial charge in [-0.05, 0) is 29.8 Å². The number of nitrogens with zero attached hydrogens (tertiary/aromatic N) is 2. The van der Waals surface area contributed by atoms with E-state index in [1.807, 2.05) is 0 Å². The summed E-state index contributed by atoms with van der Waals surface area (Å²) in [5.74, 6) is 0.140. The van der Waals surface area contributed by atoms with E-state index in [1.54, 1.807) is 12.1 Å². The third-order valence-corrected chi connectivity index (χ3v) is 6.02. The molecule has 0 fully saturated rings. The first-order chi connectivity index (χ1) is 10.3. The van der Waals surface area contributed by atoms with Crippen molar-refractivity contribution in [3.63, 3.8) is 0 Å². The molecule has 0 unspecified atom stereocenters. The maximum absolute atomic E-state index is 13.0. The lowest BCUT2D eigenvalue weighted by Gasteiger charge is -2.11. The molecule has 4 nitrogen and oxygen atoms in total. The molecule has 0 radical (unpaired) electrons. The van der Waals surface area contributed by atoms with Gasteiger partial charge in [-0.15, -0.1) is 11.8 Å². The Bertz CT molecular complexity index is 765. The Hall–Kier alpha value is -1.15. The van der Waals surface area contributed by atoms with Gasteiger partial charge < -0.3 is 0 Å². The molecule has 0 N–H and O–H groups in total. The quantitative estimate of drug-likeness (QED) is 0.767. The highest BCUT2D eigenvalue weighted by atomic mass is 35.5. The van der Waals surface area contributed by atoms with Gasteiger partial charge in [0.15, 0.2) is 0 Å². The molecule has 1 aromatic heterocycles. The van der Waals surface area contributed by atoms with Crippen LogP contribution in [0.15, 0.2) is 46.5 Å². The Morgan fingerprint density at radius 3 is 2.55 bits per heavy atom. The molecule has 0 spiro atoms. The maximum Gasteiger partial charge on any atom is 0.244 e. The second-order valence-electron chi connectivity index (χ2n) is 4.64. The Kier molecular flexibility index (Phi) is 5.44. The molecule has 2 rings (SSSR count). The van der Waals surface area contributed by atoms with Crippen molar-refractivity contribution < 1.29 is 12.8 Å². The second kappa shape index (κ2) is 6.95. The van der Waals surface area contributed by atoms with Crippen molar-refractivity contribution in [3.8, 4) is 0 Å². The highest BCUT2D eigenvalue weighted by Crippen LogP contribution is 2.26. The summed E-state index contributed by atoms with van der Waals surface area (Å²) in [6.07, 6.45) is 1.32. The lowest BCUT2D eigenvalue weighted by atomic mass is 10.2. The molecule has 22 heavy (non-hydrogen) atoms. The third-order valence-electron chi connectivity index (χ3n) is 2.88. The second-order valence-corrected chi connectivity index (χ2v) is 8.20. The number of hydrogen-bond donors (Lipinski definition) is 0. The van der Waals surface area contributed by atoms with E-state index in [1.165, 1.54) is 50.3 Å². The average molecular weight is 361 g/mol. The SMILES string of the molecule is CN(C)S(=O)(=O)c1ccc(SCc2ccc(F)cc2Cl)nc1. The van der Waals surface area contributed by atoms with Gasteiger partial charge >= 0.3 is 0 Å². The van der Waals surface area contributed by atoms with Crippen LogP contribution in [0, 0.1) is 5.82 Å². The molecule has 2 aromatic rings. The standard InChI is InChI=1S/C14H14ClFN2O2S2/c1-18(2)22(19,20)12-5-6-14(17-8-12)21-9-10-3-4-11(16)7-13(10)15/h3-8H,9H2,1-2H3. The fraction of sp³-hybridized carbons (Fsp3) is 0.214. The molecule has 0 amide bonds. The molecule has 0 aliphatic carbocycles.